The summed E-state index contributed by atoms with van der Waals surface area (Å²) in [5.41, 5.74) is 1.32. The molecule has 0 aromatic heterocycles. The molecule has 1 aliphatic carbocycles. The van der Waals surface area contributed by atoms with Crippen LogP contribution in [-0.4, -0.2) is 34.5 Å². The van der Waals surface area contributed by atoms with Crippen LogP contribution < -0.4 is 0 Å². The molecule has 98 valence electrons. The number of ether oxygens (including phenoxy) is 1. The van der Waals surface area contributed by atoms with E-state index in [9.17, 15) is 4.79 Å². The summed E-state index contributed by atoms with van der Waals surface area (Å²) in [7, 11) is 0. The quantitative estimate of drug-likeness (QED) is 0.200. The van der Waals surface area contributed by atoms with Crippen LogP contribution in [0, 0.1) is 5.92 Å². The summed E-state index contributed by atoms with van der Waals surface area (Å²) in [5.74, 6) is 0.0380. The van der Waals surface area contributed by atoms with Gasteiger partial charge in [0.1, 0.15) is 0 Å². The van der Waals surface area contributed by atoms with Gasteiger partial charge in [0.05, 0.1) is 12.3 Å². The minimum Gasteiger partial charge on any atom is -0.462 e. The Hall–Kier alpha value is -1.10. The Bertz CT molecular complexity index is 302. The van der Waals surface area contributed by atoms with Crippen molar-refractivity contribution in [2.45, 2.75) is 39.0 Å². The lowest BCUT2D eigenvalue weighted by Gasteiger charge is -2.09. The van der Waals surface area contributed by atoms with Gasteiger partial charge in [0.25, 0.3) is 0 Å². The molecule has 1 aliphatic rings. The molecule has 0 heterocycles. The fraction of sp³-hybridized carbons (Fsp3) is 0.667. The SMILES string of the molecule is C=C(C)C(=O)OCCCC1CCCC1=NO.[SiH4]. The second-order valence-electron chi connectivity index (χ2n) is 4.24. The van der Waals surface area contributed by atoms with Gasteiger partial charge in [-0.05, 0) is 50.0 Å². The van der Waals surface area contributed by atoms with Crippen molar-refractivity contribution in [1.29, 1.82) is 0 Å². The summed E-state index contributed by atoms with van der Waals surface area (Å²) in [6.45, 7) is 5.56. The number of carbonyl (C=O) groups is 1. The van der Waals surface area contributed by atoms with Crippen LogP contribution >= 0.6 is 0 Å². The Morgan fingerprint density at radius 1 is 1.65 bits per heavy atom. The van der Waals surface area contributed by atoms with Crippen LogP contribution in [0.15, 0.2) is 17.3 Å². The van der Waals surface area contributed by atoms with E-state index < -0.39 is 0 Å². The first-order valence-electron chi connectivity index (χ1n) is 5.68. The average molecular weight is 257 g/mol. The molecule has 4 nitrogen and oxygen atoms in total. The van der Waals surface area contributed by atoms with E-state index in [1.165, 1.54) is 0 Å². The monoisotopic (exact) mass is 257 g/mol. The molecule has 0 aliphatic heterocycles. The number of carbonyl (C=O) groups excluding carboxylic acids is 1. The standard InChI is InChI=1S/C12H19NO3.H4Si/c1-9(2)12(14)16-8-4-6-10-5-3-7-11(10)13-15;/h10,15H,1,3-8H2,2H3;1H4. The highest BCUT2D eigenvalue weighted by Gasteiger charge is 2.22. The summed E-state index contributed by atoms with van der Waals surface area (Å²) >= 11 is 0. The Kier molecular flexibility index (Phi) is 7.53. The second-order valence-corrected chi connectivity index (χ2v) is 4.24. The van der Waals surface area contributed by atoms with Crippen molar-refractivity contribution < 1.29 is 14.7 Å². The van der Waals surface area contributed by atoms with E-state index in [1.54, 1.807) is 6.92 Å². The molecule has 1 fully saturated rings. The molecular formula is C12H23NO3Si. The number of nitrogens with zero attached hydrogens (tertiary/aromatic N) is 1. The zero-order valence-corrected chi connectivity index (χ0v) is 9.74. The molecule has 0 spiro atoms. The van der Waals surface area contributed by atoms with Crippen LogP contribution in [0.25, 0.3) is 0 Å². The molecule has 0 amide bonds. The zero-order valence-electron chi connectivity index (χ0n) is 9.74. The third kappa shape index (κ3) is 5.17. The number of hydrogen-bond acceptors (Lipinski definition) is 4. The van der Waals surface area contributed by atoms with Crippen molar-refractivity contribution in [1.82, 2.24) is 0 Å². The average Bonchev–Trinajstić information content (AvgIpc) is 2.71. The van der Waals surface area contributed by atoms with Crippen molar-refractivity contribution in [3.63, 3.8) is 0 Å². The Balaban J connectivity index is 0.00000256. The maximum Gasteiger partial charge on any atom is 0.333 e. The number of oxime groups is 1. The van der Waals surface area contributed by atoms with Crippen molar-refractivity contribution >= 4 is 22.6 Å². The first kappa shape index (κ1) is 15.9. The van der Waals surface area contributed by atoms with Crippen LogP contribution in [0.3, 0.4) is 0 Å². The van der Waals surface area contributed by atoms with Gasteiger partial charge in [-0.25, -0.2) is 4.79 Å². The van der Waals surface area contributed by atoms with Gasteiger partial charge in [0, 0.05) is 11.5 Å². The highest BCUT2D eigenvalue weighted by atomic mass is 28.1. The summed E-state index contributed by atoms with van der Waals surface area (Å²) in [6.07, 6.45) is 4.79. The Morgan fingerprint density at radius 3 is 2.94 bits per heavy atom. The summed E-state index contributed by atoms with van der Waals surface area (Å²) in [6, 6.07) is 0. The van der Waals surface area contributed by atoms with Gasteiger partial charge < -0.3 is 9.94 Å². The summed E-state index contributed by atoms with van der Waals surface area (Å²) in [4.78, 5) is 11.1. The van der Waals surface area contributed by atoms with Crippen LogP contribution in [0.5, 0.6) is 0 Å². The van der Waals surface area contributed by atoms with E-state index >= 15 is 0 Å². The van der Waals surface area contributed by atoms with Crippen LogP contribution in [0.4, 0.5) is 0 Å². The van der Waals surface area contributed by atoms with Crippen molar-refractivity contribution in [2.75, 3.05) is 6.61 Å². The van der Waals surface area contributed by atoms with E-state index in [0.717, 1.165) is 37.8 Å². The predicted molar refractivity (Wildman–Crippen MR) is 72.9 cm³/mol. The third-order valence-corrected chi connectivity index (χ3v) is 2.86. The minimum absolute atomic E-state index is 0. The topological polar surface area (TPSA) is 58.9 Å². The fourth-order valence-electron chi connectivity index (χ4n) is 1.96. The van der Waals surface area contributed by atoms with Gasteiger partial charge >= 0.3 is 5.97 Å². The normalized spacial score (nSPS) is 21.0. The van der Waals surface area contributed by atoms with Crippen LogP contribution in [0.2, 0.25) is 0 Å². The lowest BCUT2D eigenvalue weighted by Crippen LogP contribution is -2.10. The minimum atomic E-state index is -0.331. The number of esters is 1. The molecule has 0 radical (unpaired) electrons. The lowest BCUT2D eigenvalue weighted by molar-refractivity contribution is -0.139. The van der Waals surface area contributed by atoms with E-state index in [-0.39, 0.29) is 16.9 Å². The van der Waals surface area contributed by atoms with E-state index in [2.05, 4.69) is 11.7 Å². The smallest absolute Gasteiger partial charge is 0.333 e. The Morgan fingerprint density at radius 2 is 2.35 bits per heavy atom. The van der Waals surface area contributed by atoms with Crippen LogP contribution in [-0.2, 0) is 9.53 Å². The van der Waals surface area contributed by atoms with Gasteiger partial charge in [-0.1, -0.05) is 11.7 Å². The summed E-state index contributed by atoms with van der Waals surface area (Å²) in [5, 5.41) is 12.1. The maximum absolute atomic E-state index is 11.1. The Labute approximate surface area is 107 Å². The molecule has 5 heteroatoms. The van der Waals surface area contributed by atoms with Gasteiger partial charge in [0.15, 0.2) is 0 Å². The number of rotatable bonds is 5. The molecule has 1 N–H and O–H groups in total. The largest absolute Gasteiger partial charge is 0.462 e. The maximum atomic E-state index is 11.1. The van der Waals surface area contributed by atoms with E-state index in [0.29, 0.717) is 18.1 Å². The van der Waals surface area contributed by atoms with Gasteiger partial charge in [-0.3, -0.25) is 0 Å². The molecule has 1 atom stereocenters. The predicted octanol–water partition coefficient (Wildman–Crippen LogP) is 1.06. The van der Waals surface area contributed by atoms with Gasteiger partial charge in [-0.2, -0.15) is 0 Å². The van der Waals surface area contributed by atoms with E-state index in [4.69, 9.17) is 9.94 Å². The van der Waals surface area contributed by atoms with Gasteiger partial charge in [-0.15, -0.1) is 0 Å². The number of hydrogen-bond donors (Lipinski definition) is 1. The van der Waals surface area contributed by atoms with Crippen molar-refractivity contribution in [2.24, 2.45) is 11.1 Å². The summed E-state index contributed by atoms with van der Waals surface area (Å²) < 4.78 is 4.99. The lowest BCUT2D eigenvalue weighted by atomic mass is 10.0. The van der Waals surface area contributed by atoms with E-state index in [1.807, 2.05) is 0 Å². The first-order chi connectivity index (χ1) is 7.65. The molecule has 0 aromatic carbocycles. The first-order valence-corrected chi connectivity index (χ1v) is 5.68. The van der Waals surface area contributed by atoms with Crippen LogP contribution in [0.1, 0.15) is 39.0 Å². The highest BCUT2D eigenvalue weighted by Crippen LogP contribution is 2.26. The van der Waals surface area contributed by atoms with Crippen molar-refractivity contribution in [3.05, 3.63) is 12.2 Å². The molecule has 1 saturated carbocycles. The molecule has 1 rings (SSSR count). The molecule has 1 unspecified atom stereocenters. The molecule has 17 heavy (non-hydrogen) atoms. The third-order valence-electron chi connectivity index (χ3n) is 2.86. The molecule has 0 bridgehead atoms. The van der Waals surface area contributed by atoms with Gasteiger partial charge in [0.2, 0.25) is 0 Å². The molecular weight excluding hydrogens is 234 g/mol. The highest BCUT2D eigenvalue weighted by molar-refractivity contribution is 5.88. The molecule has 0 aromatic rings. The molecule has 0 saturated heterocycles. The fourth-order valence-corrected chi connectivity index (χ4v) is 1.96. The second kappa shape index (κ2) is 8.06. The van der Waals surface area contributed by atoms with Crippen molar-refractivity contribution in [3.8, 4) is 0 Å². The zero-order chi connectivity index (χ0) is 12.0.